The number of aliphatic hydroxyl groups excluding tert-OH is 1. The lowest BCUT2D eigenvalue weighted by Crippen LogP contribution is -2.39. The molecule has 0 fully saturated rings. The van der Waals surface area contributed by atoms with Crippen molar-refractivity contribution in [2.24, 2.45) is 5.41 Å². The summed E-state index contributed by atoms with van der Waals surface area (Å²) >= 11 is 6.48. The number of aliphatic hydroxyl groups is 1. The maximum Gasteiger partial charge on any atom is 0.261 e. The average molecular weight is 559 g/mol. The van der Waals surface area contributed by atoms with E-state index in [9.17, 15) is 24.8 Å². The van der Waals surface area contributed by atoms with E-state index in [-0.39, 0.29) is 35.5 Å². The molecule has 3 aromatic carbocycles. The highest BCUT2D eigenvalue weighted by molar-refractivity contribution is 6.33. The van der Waals surface area contributed by atoms with Crippen molar-refractivity contribution in [2.75, 3.05) is 15.5 Å². The highest BCUT2D eigenvalue weighted by Gasteiger charge is 2.36. The van der Waals surface area contributed by atoms with Crippen LogP contribution >= 0.6 is 11.6 Å². The molecule has 1 atom stereocenters. The second-order valence-corrected chi connectivity index (χ2v) is 11.3. The number of hydrogen-bond donors (Lipinski definition) is 3. The lowest BCUT2D eigenvalue weighted by Gasteiger charge is -2.31. The van der Waals surface area contributed by atoms with E-state index in [1.807, 2.05) is 45.9 Å². The zero-order valence-electron chi connectivity index (χ0n) is 22.4. The monoisotopic (exact) mass is 558 g/mol. The van der Waals surface area contributed by atoms with Crippen LogP contribution in [0.1, 0.15) is 65.4 Å². The maximum absolute atomic E-state index is 13.7. The van der Waals surface area contributed by atoms with Crippen LogP contribution < -0.4 is 26.4 Å². The predicted octanol–water partition coefficient (Wildman–Crippen LogP) is 5.30. The van der Waals surface area contributed by atoms with Gasteiger partial charge in [0.15, 0.2) is 0 Å². The zero-order chi connectivity index (χ0) is 28.9. The molecule has 3 N–H and O–H groups in total. The van der Waals surface area contributed by atoms with Crippen LogP contribution in [0.25, 0.3) is 0 Å². The van der Waals surface area contributed by atoms with Gasteiger partial charge in [0, 0.05) is 16.1 Å². The van der Waals surface area contributed by atoms with Crippen LogP contribution in [0.4, 0.5) is 22.7 Å². The van der Waals surface area contributed by atoms with E-state index in [1.54, 1.807) is 24.3 Å². The summed E-state index contributed by atoms with van der Waals surface area (Å²) in [6.45, 7) is 7.57. The maximum atomic E-state index is 13.7. The number of furan rings is 1. The van der Waals surface area contributed by atoms with Gasteiger partial charge in [-0.15, -0.1) is 0 Å². The molecule has 0 spiro atoms. The van der Waals surface area contributed by atoms with Crippen molar-refractivity contribution in [3.63, 3.8) is 0 Å². The first kappa shape index (κ1) is 27.2. The first-order valence-electron chi connectivity index (χ1n) is 12.6. The van der Waals surface area contributed by atoms with Crippen LogP contribution in [0.2, 0.25) is 5.02 Å². The Hall–Kier alpha value is -4.39. The third kappa shape index (κ3) is 4.55. The number of fused-ring (bicyclic) bond motifs is 1. The van der Waals surface area contributed by atoms with Gasteiger partial charge in [0.05, 0.1) is 47.8 Å². The second-order valence-electron chi connectivity index (χ2n) is 10.9. The standard InChI is InChI=1S/C30H27ClN4O5/c1-15-5-10-22(40-15)28(30(2,3)4)34-25-24(26(37)27(25)38)33-20-9-8-19(31)18-13-35(29(39)23(18)20)21-11-16(12-32)6-7-17(21)14-36/h5-11,28,33-34,36H,13-14H2,1-4H3/t28-/m0/s1. The van der Waals surface area contributed by atoms with Gasteiger partial charge >= 0.3 is 0 Å². The SMILES string of the molecule is Cc1ccc([C@H](Nc2c(Nc3ccc(Cl)c4c3C(=O)N(c3cc(C#N)ccc3CO)C4)c(=O)c2=O)C(C)(C)C)o1. The Morgan fingerprint density at radius 2 is 1.82 bits per heavy atom. The quantitative estimate of drug-likeness (QED) is 0.260. The Morgan fingerprint density at radius 1 is 1.10 bits per heavy atom. The molecule has 9 nitrogen and oxygen atoms in total. The third-order valence-electron chi connectivity index (χ3n) is 7.08. The Morgan fingerprint density at radius 3 is 2.45 bits per heavy atom. The summed E-state index contributed by atoms with van der Waals surface area (Å²) in [6.07, 6.45) is 0. The minimum Gasteiger partial charge on any atom is -0.464 e. The van der Waals surface area contributed by atoms with Crippen molar-refractivity contribution in [3.05, 3.63) is 102 Å². The molecular weight excluding hydrogens is 532 g/mol. The number of anilines is 4. The van der Waals surface area contributed by atoms with Crippen molar-refractivity contribution in [1.82, 2.24) is 0 Å². The summed E-state index contributed by atoms with van der Waals surface area (Å²) < 4.78 is 5.83. The van der Waals surface area contributed by atoms with Crippen molar-refractivity contribution >= 4 is 40.3 Å². The molecule has 1 aliphatic heterocycles. The van der Waals surface area contributed by atoms with Crippen LogP contribution in [0.3, 0.4) is 0 Å². The van der Waals surface area contributed by atoms with Crippen LogP contribution in [0.15, 0.2) is 56.5 Å². The van der Waals surface area contributed by atoms with Gasteiger partial charge in [-0.2, -0.15) is 5.26 Å². The normalized spacial score (nSPS) is 13.8. The number of benzene rings is 2. The van der Waals surface area contributed by atoms with Crippen LogP contribution in [0, 0.1) is 23.7 Å². The van der Waals surface area contributed by atoms with Gasteiger partial charge in [-0.05, 0) is 48.7 Å². The van der Waals surface area contributed by atoms with Crippen LogP contribution in [0.5, 0.6) is 0 Å². The van der Waals surface area contributed by atoms with Crippen molar-refractivity contribution in [3.8, 4) is 6.07 Å². The Labute approximate surface area is 235 Å². The fourth-order valence-corrected chi connectivity index (χ4v) is 5.17. The fourth-order valence-electron chi connectivity index (χ4n) is 4.95. The van der Waals surface area contributed by atoms with E-state index in [4.69, 9.17) is 16.0 Å². The van der Waals surface area contributed by atoms with E-state index in [0.717, 1.165) is 5.76 Å². The van der Waals surface area contributed by atoms with Gasteiger partial charge in [-0.3, -0.25) is 14.4 Å². The van der Waals surface area contributed by atoms with Gasteiger partial charge in [0.1, 0.15) is 22.9 Å². The largest absolute Gasteiger partial charge is 0.464 e. The highest BCUT2D eigenvalue weighted by Crippen LogP contribution is 2.41. The zero-order valence-corrected chi connectivity index (χ0v) is 23.1. The van der Waals surface area contributed by atoms with Crippen molar-refractivity contribution in [1.29, 1.82) is 5.26 Å². The molecule has 4 aromatic rings. The summed E-state index contributed by atoms with van der Waals surface area (Å²) in [5.74, 6) is 0.928. The summed E-state index contributed by atoms with van der Waals surface area (Å²) in [4.78, 5) is 40.6. The second kappa shape index (κ2) is 9.97. The topological polar surface area (TPSA) is 136 Å². The molecule has 1 amide bonds. The number of nitrogens with zero attached hydrogens (tertiary/aromatic N) is 2. The molecule has 40 heavy (non-hydrogen) atoms. The van der Waals surface area contributed by atoms with Crippen LogP contribution in [-0.2, 0) is 13.2 Å². The first-order valence-corrected chi connectivity index (χ1v) is 13.0. The third-order valence-corrected chi connectivity index (χ3v) is 7.43. The molecule has 1 aliphatic rings. The lowest BCUT2D eigenvalue weighted by molar-refractivity contribution is 0.0997. The minimum absolute atomic E-state index is 0.0424. The predicted molar refractivity (Wildman–Crippen MR) is 153 cm³/mol. The molecule has 2 heterocycles. The molecule has 10 heteroatoms. The number of carbonyl (C=O) groups excluding carboxylic acids is 1. The smallest absolute Gasteiger partial charge is 0.261 e. The molecule has 5 rings (SSSR count). The molecule has 0 bridgehead atoms. The number of aryl methyl sites for hydroxylation is 1. The van der Waals surface area contributed by atoms with E-state index in [0.29, 0.717) is 38.8 Å². The number of rotatable bonds is 7. The number of halogens is 1. The lowest BCUT2D eigenvalue weighted by atomic mass is 9.85. The van der Waals surface area contributed by atoms with Gasteiger partial charge in [0.25, 0.3) is 16.8 Å². The van der Waals surface area contributed by atoms with E-state index in [2.05, 4.69) is 10.6 Å². The average Bonchev–Trinajstić information content (AvgIpc) is 3.51. The Balaban J connectivity index is 1.52. The van der Waals surface area contributed by atoms with Gasteiger partial charge in [0.2, 0.25) is 0 Å². The van der Waals surface area contributed by atoms with Crippen molar-refractivity contribution < 1.29 is 14.3 Å². The first-order chi connectivity index (χ1) is 18.9. The molecule has 0 aliphatic carbocycles. The van der Waals surface area contributed by atoms with E-state index in [1.165, 1.54) is 11.0 Å². The number of hydrogen-bond acceptors (Lipinski definition) is 8. The molecule has 0 radical (unpaired) electrons. The molecule has 1 aromatic heterocycles. The van der Waals surface area contributed by atoms with Crippen LogP contribution in [-0.4, -0.2) is 11.0 Å². The van der Waals surface area contributed by atoms with Gasteiger partial charge in [-0.25, -0.2) is 0 Å². The molecule has 0 unspecified atom stereocenters. The minimum atomic E-state index is -0.707. The van der Waals surface area contributed by atoms with E-state index >= 15 is 0 Å². The summed E-state index contributed by atoms with van der Waals surface area (Å²) in [5, 5.41) is 25.8. The van der Waals surface area contributed by atoms with E-state index < -0.39 is 22.8 Å². The molecule has 204 valence electrons. The fraction of sp³-hybridized carbons (Fsp3) is 0.267. The summed E-state index contributed by atoms with van der Waals surface area (Å²) in [6, 6.07) is 13.2. The van der Waals surface area contributed by atoms with Gasteiger partial charge in [-0.1, -0.05) is 38.4 Å². The Kier molecular flexibility index (Phi) is 6.78. The molecule has 0 saturated carbocycles. The highest BCUT2D eigenvalue weighted by atomic mass is 35.5. The number of carbonyl (C=O) groups is 1. The summed E-state index contributed by atoms with van der Waals surface area (Å²) in [7, 11) is 0. The van der Waals surface area contributed by atoms with Gasteiger partial charge < -0.3 is 25.1 Å². The van der Waals surface area contributed by atoms with Crippen molar-refractivity contribution in [2.45, 2.75) is 46.9 Å². The molecule has 0 saturated heterocycles. The number of nitriles is 1. The molecular formula is C30H27ClN4O5. The Bertz CT molecular complexity index is 1770. The number of amides is 1. The number of nitrogens with one attached hydrogen (secondary N) is 2. The summed E-state index contributed by atoms with van der Waals surface area (Å²) in [5.41, 5.74) is 0.674.